The molecular formula is C16H17NO. The van der Waals surface area contributed by atoms with E-state index >= 15 is 0 Å². The summed E-state index contributed by atoms with van der Waals surface area (Å²) in [5.41, 5.74) is 5.13. The summed E-state index contributed by atoms with van der Waals surface area (Å²) >= 11 is 0. The third-order valence-electron chi connectivity index (χ3n) is 3.57. The molecule has 0 saturated heterocycles. The standard InChI is InChI=1S/C16H17NO/c1-11-5-6-12-7-8-16(15(12)9-11)17-13-3-2-4-14(18)10-13/h2-6,9-10,16-18H,7-8H2,1H3. The molecule has 0 aromatic heterocycles. The molecular weight excluding hydrogens is 222 g/mol. The van der Waals surface area contributed by atoms with Gasteiger partial charge in [0.2, 0.25) is 0 Å². The van der Waals surface area contributed by atoms with Crippen LogP contribution < -0.4 is 5.32 Å². The van der Waals surface area contributed by atoms with Gasteiger partial charge < -0.3 is 10.4 Å². The van der Waals surface area contributed by atoms with Crippen molar-refractivity contribution < 1.29 is 5.11 Å². The zero-order chi connectivity index (χ0) is 12.5. The molecule has 0 bridgehead atoms. The molecule has 0 heterocycles. The van der Waals surface area contributed by atoms with Gasteiger partial charge in [0.25, 0.3) is 0 Å². The van der Waals surface area contributed by atoms with Crippen LogP contribution in [0.2, 0.25) is 0 Å². The van der Waals surface area contributed by atoms with Gasteiger partial charge in [0.15, 0.2) is 0 Å². The fraction of sp³-hybridized carbons (Fsp3) is 0.250. The van der Waals surface area contributed by atoms with Crippen LogP contribution in [0.25, 0.3) is 0 Å². The number of hydrogen-bond acceptors (Lipinski definition) is 2. The minimum absolute atomic E-state index is 0.308. The average Bonchev–Trinajstić information content (AvgIpc) is 2.72. The second-order valence-corrected chi connectivity index (χ2v) is 4.99. The topological polar surface area (TPSA) is 32.3 Å². The Bertz CT molecular complexity index is 577. The molecule has 2 nitrogen and oxygen atoms in total. The Morgan fingerprint density at radius 2 is 2.06 bits per heavy atom. The SMILES string of the molecule is Cc1ccc2c(c1)C(Nc1cccc(O)c1)CC2. The molecule has 0 saturated carbocycles. The van der Waals surface area contributed by atoms with Crippen LogP contribution in [-0.4, -0.2) is 5.11 Å². The summed E-state index contributed by atoms with van der Waals surface area (Å²) in [6, 6.07) is 14.4. The highest BCUT2D eigenvalue weighted by atomic mass is 16.3. The predicted octanol–water partition coefficient (Wildman–Crippen LogP) is 3.80. The highest BCUT2D eigenvalue weighted by Gasteiger charge is 2.22. The first-order valence-electron chi connectivity index (χ1n) is 6.37. The van der Waals surface area contributed by atoms with E-state index in [2.05, 4.69) is 30.4 Å². The summed E-state index contributed by atoms with van der Waals surface area (Å²) in [4.78, 5) is 0. The van der Waals surface area contributed by atoms with E-state index in [0.29, 0.717) is 11.8 Å². The van der Waals surface area contributed by atoms with E-state index < -0.39 is 0 Å². The third-order valence-corrected chi connectivity index (χ3v) is 3.57. The smallest absolute Gasteiger partial charge is 0.117 e. The Labute approximate surface area is 107 Å². The van der Waals surface area contributed by atoms with Crippen molar-refractivity contribution in [1.29, 1.82) is 0 Å². The van der Waals surface area contributed by atoms with Crippen LogP contribution in [0.1, 0.15) is 29.2 Å². The van der Waals surface area contributed by atoms with E-state index in [4.69, 9.17) is 0 Å². The van der Waals surface area contributed by atoms with Crippen molar-refractivity contribution in [2.45, 2.75) is 25.8 Å². The second kappa shape index (κ2) is 4.37. The lowest BCUT2D eigenvalue weighted by atomic mass is 10.0. The molecule has 2 aromatic rings. The molecule has 0 radical (unpaired) electrons. The molecule has 1 aliphatic rings. The van der Waals surface area contributed by atoms with Crippen LogP contribution in [0.5, 0.6) is 5.75 Å². The number of phenolic OH excluding ortho intramolecular Hbond substituents is 1. The van der Waals surface area contributed by atoms with E-state index in [1.165, 1.54) is 16.7 Å². The zero-order valence-electron chi connectivity index (χ0n) is 10.5. The predicted molar refractivity (Wildman–Crippen MR) is 74.0 cm³/mol. The van der Waals surface area contributed by atoms with E-state index in [1.54, 1.807) is 12.1 Å². The van der Waals surface area contributed by atoms with Crippen LogP contribution in [-0.2, 0) is 6.42 Å². The Morgan fingerprint density at radius 1 is 1.17 bits per heavy atom. The summed E-state index contributed by atoms with van der Waals surface area (Å²) in [6.07, 6.45) is 2.25. The van der Waals surface area contributed by atoms with Gasteiger partial charge in [0.1, 0.15) is 5.75 Å². The van der Waals surface area contributed by atoms with E-state index in [1.807, 2.05) is 12.1 Å². The van der Waals surface area contributed by atoms with Crippen molar-refractivity contribution in [3.8, 4) is 5.75 Å². The molecule has 0 amide bonds. The number of nitrogens with one attached hydrogen (secondary N) is 1. The van der Waals surface area contributed by atoms with Crippen molar-refractivity contribution in [3.05, 3.63) is 59.2 Å². The molecule has 1 aliphatic carbocycles. The fourth-order valence-corrected chi connectivity index (χ4v) is 2.67. The summed E-state index contributed by atoms with van der Waals surface area (Å²) in [6.45, 7) is 2.13. The van der Waals surface area contributed by atoms with Gasteiger partial charge in [0.05, 0.1) is 6.04 Å². The van der Waals surface area contributed by atoms with Crippen molar-refractivity contribution in [1.82, 2.24) is 0 Å². The molecule has 2 heteroatoms. The second-order valence-electron chi connectivity index (χ2n) is 4.99. The lowest BCUT2D eigenvalue weighted by molar-refractivity contribution is 0.475. The van der Waals surface area contributed by atoms with Crippen LogP contribution in [0.15, 0.2) is 42.5 Å². The van der Waals surface area contributed by atoms with E-state index in [0.717, 1.165) is 18.5 Å². The van der Waals surface area contributed by atoms with Gasteiger partial charge in [-0.05, 0) is 43.0 Å². The van der Waals surface area contributed by atoms with E-state index in [9.17, 15) is 5.11 Å². The van der Waals surface area contributed by atoms with Crippen LogP contribution in [0.3, 0.4) is 0 Å². The molecule has 18 heavy (non-hydrogen) atoms. The quantitative estimate of drug-likeness (QED) is 0.835. The average molecular weight is 239 g/mol. The summed E-state index contributed by atoms with van der Waals surface area (Å²) in [5, 5.41) is 13.0. The van der Waals surface area contributed by atoms with E-state index in [-0.39, 0.29) is 0 Å². The summed E-state index contributed by atoms with van der Waals surface area (Å²) in [5.74, 6) is 0.308. The Morgan fingerprint density at radius 3 is 2.89 bits per heavy atom. The van der Waals surface area contributed by atoms with Crippen molar-refractivity contribution in [3.63, 3.8) is 0 Å². The van der Waals surface area contributed by atoms with Gasteiger partial charge in [-0.1, -0.05) is 29.8 Å². The van der Waals surface area contributed by atoms with Crippen LogP contribution in [0.4, 0.5) is 5.69 Å². The van der Waals surface area contributed by atoms with Gasteiger partial charge in [-0.2, -0.15) is 0 Å². The minimum Gasteiger partial charge on any atom is -0.508 e. The molecule has 1 unspecified atom stereocenters. The Kier molecular flexibility index (Phi) is 2.71. The largest absolute Gasteiger partial charge is 0.508 e. The number of hydrogen-bond donors (Lipinski definition) is 2. The molecule has 2 N–H and O–H groups in total. The molecule has 3 rings (SSSR count). The zero-order valence-corrected chi connectivity index (χ0v) is 10.5. The summed E-state index contributed by atoms with van der Waals surface area (Å²) < 4.78 is 0. The summed E-state index contributed by atoms with van der Waals surface area (Å²) in [7, 11) is 0. The number of anilines is 1. The van der Waals surface area contributed by atoms with Gasteiger partial charge >= 0.3 is 0 Å². The normalized spacial score (nSPS) is 17.5. The number of fused-ring (bicyclic) bond motifs is 1. The number of rotatable bonds is 2. The highest BCUT2D eigenvalue weighted by Crippen LogP contribution is 2.34. The number of aryl methyl sites for hydroxylation is 2. The number of phenols is 1. The molecule has 0 fully saturated rings. The monoisotopic (exact) mass is 239 g/mol. The first-order chi connectivity index (χ1) is 8.72. The molecule has 1 atom stereocenters. The third kappa shape index (κ3) is 2.06. The fourth-order valence-electron chi connectivity index (χ4n) is 2.67. The van der Waals surface area contributed by atoms with Gasteiger partial charge in [-0.3, -0.25) is 0 Å². The van der Waals surface area contributed by atoms with Gasteiger partial charge in [0, 0.05) is 11.8 Å². The Hall–Kier alpha value is -1.96. The maximum absolute atomic E-state index is 9.49. The first kappa shape index (κ1) is 11.1. The minimum atomic E-state index is 0.308. The van der Waals surface area contributed by atoms with Gasteiger partial charge in [-0.25, -0.2) is 0 Å². The first-order valence-corrected chi connectivity index (χ1v) is 6.37. The molecule has 92 valence electrons. The molecule has 0 aliphatic heterocycles. The van der Waals surface area contributed by atoms with Crippen molar-refractivity contribution in [2.24, 2.45) is 0 Å². The highest BCUT2D eigenvalue weighted by molar-refractivity contribution is 5.51. The molecule has 0 spiro atoms. The Balaban J connectivity index is 1.86. The number of benzene rings is 2. The van der Waals surface area contributed by atoms with Crippen LogP contribution >= 0.6 is 0 Å². The molecule has 2 aromatic carbocycles. The lowest BCUT2D eigenvalue weighted by Crippen LogP contribution is -2.07. The maximum Gasteiger partial charge on any atom is 0.117 e. The van der Waals surface area contributed by atoms with Crippen LogP contribution in [0, 0.1) is 6.92 Å². The van der Waals surface area contributed by atoms with Gasteiger partial charge in [-0.15, -0.1) is 0 Å². The maximum atomic E-state index is 9.49. The van der Waals surface area contributed by atoms with Crippen molar-refractivity contribution >= 4 is 5.69 Å². The number of aromatic hydroxyl groups is 1. The lowest BCUT2D eigenvalue weighted by Gasteiger charge is -2.16. The van der Waals surface area contributed by atoms with Crippen molar-refractivity contribution in [2.75, 3.05) is 5.32 Å².